The lowest BCUT2D eigenvalue weighted by molar-refractivity contribution is 0.0230. The van der Waals surface area contributed by atoms with Crippen LogP contribution in [0.25, 0.3) is 0 Å². The predicted octanol–water partition coefficient (Wildman–Crippen LogP) is 6.52. The summed E-state index contributed by atoms with van der Waals surface area (Å²) in [5.41, 5.74) is 7.22. The van der Waals surface area contributed by atoms with Gasteiger partial charge in [0.15, 0.2) is 0 Å². The first kappa shape index (κ1) is 23.4. The monoisotopic (exact) mass is 506 g/mol. The highest BCUT2D eigenvalue weighted by atomic mass is 127. The van der Waals surface area contributed by atoms with Gasteiger partial charge in [0, 0.05) is 28.0 Å². The van der Waals surface area contributed by atoms with Gasteiger partial charge in [-0.05, 0) is 92.3 Å². The van der Waals surface area contributed by atoms with Crippen LogP contribution in [0.2, 0.25) is 0 Å². The lowest BCUT2D eigenvalue weighted by atomic mass is 9.90. The molecule has 0 aromatic heterocycles. The smallest absolute Gasteiger partial charge is 0.410 e. The zero-order valence-electron chi connectivity index (χ0n) is 18.1. The van der Waals surface area contributed by atoms with Crippen LogP contribution in [-0.4, -0.2) is 35.4 Å². The van der Waals surface area contributed by atoms with E-state index in [9.17, 15) is 4.79 Å². The highest BCUT2D eigenvalue weighted by molar-refractivity contribution is 14.1. The molecule has 0 saturated carbocycles. The average Bonchev–Trinajstić information content (AvgIpc) is 2.77. The van der Waals surface area contributed by atoms with Crippen molar-refractivity contribution in [1.82, 2.24) is 4.90 Å². The number of carbonyl (C=O) groups is 1. The maximum absolute atomic E-state index is 12.5. The minimum absolute atomic E-state index is 0.213. The molecule has 1 amide bonds. The third-order valence-corrected chi connectivity index (χ3v) is 5.46. The van der Waals surface area contributed by atoms with Crippen LogP contribution in [0, 0.1) is 5.92 Å². The third-order valence-electron chi connectivity index (χ3n) is 4.56. The molecule has 0 unspecified atom stereocenters. The van der Waals surface area contributed by atoms with E-state index in [1.807, 2.05) is 44.7 Å². The fourth-order valence-electron chi connectivity index (χ4n) is 3.42. The van der Waals surface area contributed by atoms with Crippen molar-refractivity contribution in [2.45, 2.75) is 53.1 Å². The number of halogens is 1. The van der Waals surface area contributed by atoms with Crippen molar-refractivity contribution in [2.24, 2.45) is 10.9 Å². The summed E-state index contributed by atoms with van der Waals surface area (Å²) in [7, 11) is 0. The van der Waals surface area contributed by atoms with Crippen molar-refractivity contribution in [1.29, 1.82) is 0 Å². The molecule has 0 fully saturated rings. The van der Waals surface area contributed by atoms with E-state index in [-0.39, 0.29) is 12.0 Å². The van der Waals surface area contributed by atoms with E-state index in [2.05, 4.69) is 52.9 Å². The topological polar surface area (TPSA) is 41.9 Å². The normalized spacial score (nSPS) is 22.9. The van der Waals surface area contributed by atoms with E-state index < -0.39 is 5.60 Å². The molecule has 0 radical (unpaired) electrons. The van der Waals surface area contributed by atoms with Gasteiger partial charge in [0.05, 0.1) is 6.20 Å². The zero-order chi connectivity index (χ0) is 21.6. The third kappa shape index (κ3) is 6.86. The molecule has 2 aliphatic rings. The van der Waals surface area contributed by atoms with Gasteiger partial charge in [-0.15, -0.1) is 5.73 Å². The van der Waals surface area contributed by atoms with Gasteiger partial charge in [-0.25, -0.2) is 4.79 Å². The van der Waals surface area contributed by atoms with Crippen molar-refractivity contribution in [2.75, 3.05) is 13.1 Å². The molecule has 4 nitrogen and oxygen atoms in total. The van der Waals surface area contributed by atoms with Gasteiger partial charge in [0.1, 0.15) is 5.60 Å². The Morgan fingerprint density at radius 3 is 2.83 bits per heavy atom. The van der Waals surface area contributed by atoms with Crippen LogP contribution in [-0.2, 0) is 4.74 Å². The fourth-order valence-corrected chi connectivity index (χ4v) is 4.36. The molecule has 29 heavy (non-hydrogen) atoms. The molecule has 156 valence electrons. The number of allylic oxidation sites excluding steroid dienone is 7. The Labute approximate surface area is 188 Å². The first-order valence-electron chi connectivity index (χ1n) is 10.00. The molecule has 0 spiro atoms. The van der Waals surface area contributed by atoms with E-state index in [1.165, 1.54) is 5.57 Å². The molecule has 1 atom stereocenters. The number of hydrogen-bond donors (Lipinski definition) is 0. The summed E-state index contributed by atoms with van der Waals surface area (Å²) in [5.74, 6) is 0.213. The largest absolute Gasteiger partial charge is 0.444 e. The Balaban J connectivity index is 2.37. The second-order valence-corrected chi connectivity index (χ2v) is 9.55. The van der Waals surface area contributed by atoms with Gasteiger partial charge in [-0.1, -0.05) is 25.7 Å². The van der Waals surface area contributed by atoms with Crippen LogP contribution in [0.1, 0.15) is 47.5 Å². The van der Waals surface area contributed by atoms with Gasteiger partial charge >= 0.3 is 6.09 Å². The first-order chi connectivity index (χ1) is 13.6. The Morgan fingerprint density at radius 1 is 1.45 bits per heavy atom. The number of carbonyl (C=O) groups excluding carboxylic acids is 1. The van der Waals surface area contributed by atoms with Crippen LogP contribution in [0.4, 0.5) is 4.79 Å². The van der Waals surface area contributed by atoms with Crippen LogP contribution < -0.4 is 0 Å². The summed E-state index contributed by atoms with van der Waals surface area (Å²) < 4.78 is 6.68. The Morgan fingerprint density at radius 2 is 2.17 bits per heavy atom. The van der Waals surface area contributed by atoms with Crippen molar-refractivity contribution >= 4 is 34.4 Å². The van der Waals surface area contributed by atoms with E-state index in [4.69, 9.17) is 4.74 Å². The molecule has 2 heterocycles. The predicted molar refractivity (Wildman–Crippen MR) is 129 cm³/mol. The summed E-state index contributed by atoms with van der Waals surface area (Å²) in [6.45, 7) is 15.0. The van der Waals surface area contributed by atoms with Crippen LogP contribution in [0.15, 0.2) is 68.1 Å². The first-order valence-corrected chi connectivity index (χ1v) is 11.1. The summed E-state index contributed by atoms with van der Waals surface area (Å²) in [4.78, 5) is 18.9. The van der Waals surface area contributed by atoms with Gasteiger partial charge in [-0.2, -0.15) is 0 Å². The van der Waals surface area contributed by atoms with Gasteiger partial charge in [0.25, 0.3) is 0 Å². The van der Waals surface area contributed by atoms with E-state index in [0.29, 0.717) is 13.1 Å². The number of rotatable bonds is 3. The molecule has 0 N–H and O–H groups in total. The number of ether oxygens (including phenoxy) is 1. The highest BCUT2D eigenvalue weighted by Gasteiger charge is 2.25. The summed E-state index contributed by atoms with van der Waals surface area (Å²) in [6.07, 6.45) is 11.4. The summed E-state index contributed by atoms with van der Waals surface area (Å²) >= 11 is 2.34. The van der Waals surface area contributed by atoms with Gasteiger partial charge < -0.3 is 9.64 Å². The fraction of sp³-hybridized carbons (Fsp3) is 0.458. The molecular weight excluding hydrogens is 475 g/mol. The molecule has 0 aromatic rings. The molecule has 0 aliphatic carbocycles. The number of hydrogen-bond acceptors (Lipinski definition) is 3. The standard InChI is InChI=1S/C24H31IN2O2/c1-7-10-21(25)22-18(3)26-13-8-12-20(22)19-11-9-14-27(16-17(2)15-19)23(28)29-24(4,5)6/h7,10,12-13,15,17H,1,9,11,14,16H2,2-6H3/b19-15-,21-10+/t17-/m1/s1. The Hall–Kier alpha value is -1.85. The summed E-state index contributed by atoms with van der Waals surface area (Å²) in [5, 5.41) is 0. The molecule has 2 aliphatic heterocycles. The molecule has 0 bridgehead atoms. The Bertz CT molecular complexity index is 847. The number of amides is 1. The quantitative estimate of drug-likeness (QED) is 0.248. The SMILES string of the molecule is C=C/C=C(/I)C1=C(/C2=C\[C@@H](C)CN(C(=O)OC(C)(C)C)CCC2)C=C=CN=C1C. The van der Waals surface area contributed by atoms with Crippen LogP contribution in [0.3, 0.4) is 0 Å². The maximum Gasteiger partial charge on any atom is 0.410 e. The van der Waals surface area contributed by atoms with Gasteiger partial charge in [0.2, 0.25) is 0 Å². The van der Waals surface area contributed by atoms with Crippen molar-refractivity contribution in [3.63, 3.8) is 0 Å². The second-order valence-electron chi connectivity index (χ2n) is 8.39. The van der Waals surface area contributed by atoms with E-state index in [0.717, 1.165) is 33.3 Å². The van der Waals surface area contributed by atoms with Crippen molar-refractivity contribution in [3.8, 4) is 0 Å². The molecule has 0 saturated heterocycles. The lowest BCUT2D eigenvalue weighted by Crippen LogP contribution is -2.40. The van der Waals surface area contributed by atoms with Crippen LogP contribution >= 0.6 is 22.6 Å². The molecule has 2 rings (SSSR count). The zero-order valence-corrected chi connectivity index (χ0v) is 20.2. The lowest BCUT2D eigenvalue weighted by Gasteiger charge is -2.30. The summed E-state index contributed by atoms with van der Waals surface area (Å²) in [6, 6.07) is 0. The van der Waals surface area contributed by atoms with Gasteiger partial charge in [-0.3, -0.25) is 4.99 Å². The minimum atomic E-state index is -0.480. The van der Waals surface area contributed by atoms with E-state index in [1.54, 1.807) is 12.3 Å². The Kier molecular flexibility index (Phi) is 8.29. The maximum atomic E-state index is 12.5. The highest BCUT2D eigenvalue weighted by Crippen LogP contribution is 2.32. The molecule has 0 aromatic carbocycles. The van der Waals surface area contributed by atoms with Crippen molar-refractivity contribution in [3.05, 3.63) is 63.1 Å². The molecular formula is C24H31IN2O2. The van der Waals surface area contributed by atoms with Crippen molar-refractivity contribution < 1.29 is 9.53 Å². The minimum Gasteiger partial charge on any atom is -0.444 e. The second kappa shape index (κ2) is 10.3. The average molecular weight is 506 g/mol. The molecule has 5 heteroatoms. The van der Waals surface area contributed by atoms with Crippen LogP contribution in [0.5, 0.6) is 0 Å². The number of aliphatic imine (C=N–C) groups is 1. The number of nitrogens with zero attached hydrogens (tertiary/aromatic N) is 2. The van der Waals surface area contributed by atoms with E-state index >= 15 is 0 Å².